The van der Waals surface area contributed by atoms with Crippen LogP contribution < -0.4 is 15.5 Å². The van der Waals surface area contributed by atoms with E-state index in [1.165, 1.54) is 12.1 Å². The van der Waals surface area contributed by atoms with Crippen LogP contribution in [0.1, 0.15) is 49.8 Å². The topological polar surface area (TPSA) is 79.4 Å². The summed E-state index contributed by atoms with van der Waals surface area (Å²) in [6, 6.07) is 9.51. The zero-order valence-corrected chi connectivity index (χ0v) is 20.6. The van der Waals surface area contributed by atoms with E-state index in [1.807, 2.05) is 18.2 Å². The first-order valence-electron chi connectivity index (χ1n) is 12.6. The van der Waals surface area contributed by atoms with Crippen LogP contribution in [0.3, 0.4) is 0 Å². The number of benzene rings is 2. The standard InChI is InChI=1S/C27H30F3N5O2/c1-16(20-3-2-4-21(25(20)28)26(29)30)32-24-14-31-34-23-6-5-19(13-22(23)24)35-10-7-18(8-11-35)33-27(36)17-9-12-37-15-17/h2-6,13-14,16-18,26H,7-12,15H2,1H3,(H,32,34)(H,33,36)/t16-,17?/m1/s1. The van der Waals surface area contributed by atoms with Gasteiger partial charge in [-0.15, -0.1) is 0 Å². The number of alkyl halides is 2. The number of rotatable bonds is 7. The molecule has 2 atom stereocenters. The summed E-state index contributed by atoms with van der Waals surface area (Å²) >= 11 is 0. The molecule has 0 bridgehead atoms. The van der Waals surface area contributed by atoms with Crippen molar-refractivity contribution in [3.05, 3.63) is 59.5 Å². The summed E-state index contributed by atoms with van der Waals surface area (Å²) in [5, 5.41) is 15.5. The molecule has 1 unspecified atom stereocenters. The lowest BCUT2D eigenvalue weighted by molar-refractivity contribution is -0.125. The van der Waals surface area contributed by atoms with Crippen LogP contribution in [0, 0.1) is 11.7 Å². The van der Waals surface area contributed by atoms with E-state index >= 15 is 0 Å². The molecule has 2 aromatic carbocycles. The number of carbonyl (C=O) groups is 1. The molecular formula is C27H30F3N5O2. The molecule has 3 aromatic rings. The Labute approximate surface area is 213 Å². The number of anilines is 2. The normalized spacial score (nSPS) is 19.4. The molecule has 10 heteroatoms. The summed E-state index contributed by atoms with van der Waals surface area (Å²) in [6.07, 6.45) is 1.14. The van der Waals surface area contributed by atoms with Gasteiger partial charge in [-0.1, -0.05) is 18.2 Å². The van der Waals surface area contributed by atoms with E-state index in [1.54, 1.807) is 13.1 Å². The average Bonchev–Trinajstić information content (AvgIpc) is 3.44. The zero-order valence-electron chi connectivity index (χ0n) is 20.6. The van der Waals surface area contributed by atoms with E-state index in [-0.39, 0.29) is 23.4 Å². The summed E-state index contributed by atoms with van der Waals surface area (Å²) in [7, 11) is 0. The third-order valence-electron chi connectivity index (χ3n) is 7.26. The van der Waals surface area contributed by atoms with Gasteiger partial charge < -0.3 is 20.3 Å². The van der Waals surface area contributed by atoms with Gasteiger partial charge >= 0.3 is 0 Å². The van der Waals surface area contributed by atoms with E-state index < -0.39 is 23.8 Å². The lowest BCUT2D eigenvalue weighted by Gasteiger charge is -2.34. The third kappa shape index (κ3) is 5.49. The highest BCUT2D eigenvalue weighted by molar-refractivity contribution is 5.93. The molecule has 2 aliphatic heterocycles. The number of halogens is 3. The minimum absolute atomic E-state index is 0.0423. The van der Waals surface area contributed by atoms with Gasteiger partial charge in [0.25, 0.3) is 6.43 Å². The first-order valence-corrected chi connectivity index (χ1v) is 12.6. The molecule has 1 aromatic heterocycles. The highest BCUT2D eigenvalue weighted by Gasteiger charge is 2.27. The van der Waals surface area contributed by atoms with Gasteiger partial charge in [0, 0.05) is 42.4 Å². The molecule has 2 aliphatic rings. The molecule has 5 rings (SSSR count). The van der Waals surface area contributed by atoms with Crippen molar-refractivity contribution in [2.45, 2.75) is 44.7 Å². The van der Waals surface area contributed by atoms with Crippen molar-refractivity contribution in [2.24, 2.45) is 5.92 Å². The van der Waals surface area contributed by atoms with Gasteiger partial charge in [0.1, 0.15) is 5.82 Å². The lowest BCUT2D eigenvalue weighted by atomic mass is 10.0. The molecule has 196 valence electrons. The molecule has 2 N–H and O–H groups in total. The maximum atomic E-state index is 14.7. The fraction of sp³-hybridized carbons (Fsp3) is 0.444. The average molecular weight is 514 g/mol. The van der Waals surface area contributed by atoms with Gasteiger partial charge in [0.15, 0.2) is 0 Å². The van der Waals surface area contributed by atoms with Crippen LogP contribution in [-0.4, -0.2) is 48.4 Å². The highest BCUT2D eigenvalue weighted by Crippen LogP contribution is 2.32. The van der Waals surface area contributed by atoms with Gasteiger partial charge in [-0.05, 0) is 44.4 Å². The number of nitrogens with zero attached hydrogens (tertiary/aromatic N) is 3. The number of aromatic nitrogens is 2. The maximum absolute atomic E-state index is 14.7. The number of amides is 1. The molecule has 1 amide bonds. The second-order valence-corrected chi connectivity index (χ2v) is 9.71. The summed E-state index contributed by atoms with van der Waals surface area (Å²) in [4.78, 5) is 14.7. The Hall–Kier alpha value is -3.40. The molecule has 3 heterocycles. The highest BCUT2D eigenvalue weighted by atomic mass is 19.3. The van der Waals surface area contributed by atoms with Crippen molar-refractivity contribution in [2.75, 3.05) is 36.5 Å². The third-order valence-corrected chi connectivity index (χ3v) is 7.26. The van der Waals surface area contributed by atoms with E-state index in [9.17, 15) is 18.0 Å². The van der Waals surface area contributed by atoms with Crippen molar-refractivity contribution in [3.63, 3.8) is 0 Å². The molecule has 7 nitrogen and oxygen atoms in total. The van der Waals surface area contributed by atoms with E-state index in [0.717, 1.165) is 49.5 Å². The van der Waals surface area contributed by atoms with Gasteiger partial charge in [0.05, 0.1) is 41.5 Å². The van der Waals surface area contributed by atoms with Crippen LogP contribution in [0.4, 0.5) is 24.5 Å². The molecular weight excluding hydrogens is 483 g/mol. The lowest BCUT2D eigenvalue weighted by Crippen LogP contribution is -2.46. The van der Waals surface area contributed by atoms with Gasteiger partial charge in [-0.25, -0.2) is 13.2 Å². The predicted octanol–water partition coefficient (Wildman–Crippen LogP) is 5.00. The number of carbonyl (C=O) groups excluding carboxylic acids is 1. The summed E-state index contributed by atoms with van der Waals surface area (Å²) in [5.41, 5.74) is 1.87. The van der Waals surface area contributed by atoms with Gasteiger partial charge in [-0.2, -0.15) is 10.2 Å². The van der Waals surface area contributed by atoms with E-state index in [4.69, 9.17) is 4.74 Å². The minimum atomic E-state index is -2.88. The van der Waals surface area contributed by atoms with Crippen molar-refractivity contribution in [1.29, 1.82) is 0 Å². The Bertz CT molecular complexity index is 1260. The molecule has 0 radical (unpaired) electrons. The van der Waals surface area contributed by atoms with Gasteiger partial charge in [0.2, 0.25) is 5.91 Å². The second kappa shape index (κ2) is 10.9. The number of fused-ring (bicyclic) bond motifs is 1. The predicted molar refractivity (Wildman–Crippen MR) is 135 cm³/mol. The number of piperidine rings is 1. The Kier molecular flexibility index (Phi) is 7.45. The minimum Gasteiger partial charge on any atom is -0.381 e. The Morgan fingerprint density at radius 1 is 1.14 bits per heavy atom. The van der Waals surface area contributed by atoms with Crippen molar-refractivity contribution in [3.8, 4) is 0 Å². The number of nitrogens with one attached hydrogen (secondary N) is 2. The largest absolute Gasteiger partial charge is 0.381 e. The summed E-state index contributed by atoms with van der Waals surface area (Å²) in [6.45, 7) is 4.46. The summed E-state index contributed by atoms with van der Waals surface area (Å²) in [5.74, 6) is -0.861. The van der Waals surface area contributed by atoms with Gasteiger partial charge in [-0.3, -0.25) is 4.79 Å². The second-order valence-electron chi connectivity index (χ2n) is 9.71. The zero-order chi connectivity index (χ0) is 25.9. The molecule has 0 saturated carbocycles. The number of hydrogen-bond acceptors (Lipinski definition) is 6. The first-order chi connectivity index (χ1) is 17.9. The Morgan fingerprint density at radius 2 is 1.92 bits per heavy atom. The molecule has 37 heavy (non-hydrogen) atoms. The fourth-order valence-corrected chi connectivity index (χ4v) is 5.08. The molecule has 0 aliphatic carbocycles. The smallest absolute Gasteiger partial charge is 0.266 e. The van der Waals surface area contributed by atoms with Crippen molar-refractivity contribution in [1.82, 2.24) is 15.5 Å². The first kappa shape index (κ1) is 25.3. The Morgan fingerprint density at radius 3 is 2.65 bits per heavy atom. The quantitative estimate of drug-likeness (QED) is 0.463. The molecule has 0 spiro atoms. The van der Waals surface area contributed by atoms with Crippen LogP contribution in [-0.2, 0) is 9.53 Å². The number of hydrogen-bond donors (Lipinski definition) is 2. The SMILES string of the molecule is C[C@@H](Nc1cnnc2ccc(N3CCC(NC(=O)C4CCOC4)CC3)cc12)c1cccc(C(F)F)c1F. The van der Waals surface area contributed by atoms with Crippen LogP contribution >= 0.6 is 0 Å². The fourth-order valence-electron chi connectivity index (χ4n) is 5.08. The van der Waals surface area contributed by atoms with Crippen molar-refractivity contribution < 1.29 is 22.7 Å². The van der Waals surface area contributed by atoms with E-state index in [0.29, 0.717) is 24.4 Å². The van der Waals surface area contributed by atoms with Crippen molar-refractivity contribution >= 4 is 28.2 Å². The van der Waals surface area contributed by atoms with E-state index in [2.05, 4.69) is 25.7 Å². The number of ether oxygens (including phenoxy) is 1. The summed E-state index contributed by atoms with van der Waals surface area (Å²) < 4.78 is 46.4. The van der Waals surface area contributed by atoms with Crippen LogP contribution in [0.2, 0.25) is 0 Å². The van der Waals surface area contributed by atoms with Crippen LogP contribution in [0.15, 0.2) is 42.6 Å². The van der Waals surface area contributed by atoms with Crippen LogP contribution in [0.25, 0.3) is 10.9 Å². The van der Waals surface area contributed by atoms with Crippen LogP contribution in [0.5, 0.6) is 0 Å². The molecule has 2 fully saturated rings. The molecule has 2 saturated heterocycles. The monoisotopic (exact) mass is 513 g/mol. The Balaban J connectivity index is 1.29. The maximum Gasteiger partial charge on any atom is 0.266 e.